The zero-order valence-electron chi connectivity index (χ0n) is 52.6. The molecule has 0 heterocycles. The molecule has 1 atom stereocenters. The Bertz CT molecular complexity index is 1610. The quantitative estimate of drug-likeness (QED) is 0.0261. The molecule has 0 saturated carbocycles. The fourth-order valence-electron chi connectivity index (χ4n) is 9.41. The first kappa shape index (κ1) is 76.1. The van der Waals surface area contributed by atoms with Crippen LogP contribution in [0.15, 0.2) is 109 Å². The van der Waals surface area contributed by atoms with E-state index in [-0.39, 0.29) is 31.1 Å². The highest BCUT2D eigenvalue weighted by molar-refractivity contribution is 5.71. The molecule has 0 rings (SSSR count). The van der Waals surface area contributed by atoms with Crippen LogP contribution in [0.2, 0.25) is 0 Å². The van der Waals surface area contributed by atoms with Crippen LogP contribution in [0, 0.1) is 0 Å². The number of esters is 3. The van der Waals surface area contributed by atoms with Crippen LogP contribution in [0.5, 0.6) is 0 Å². The highest BCUT2D eigenvalue weighted by Gasteiger charge is 2.19. The van der Waals surface area contributed by atoms with E-state index in [9.17, 15) is 14.4 Å². The Kier molecular flexibility index (Phi) is 64.3. The molecule has 0 spiro atoms. The molecule has 0 aliphatic carbocycles. The molecule has 6 heteroatoms. The summed E-state index contributed by atoms with van der Waals surface area (Å²) in [6.07, 6.45) is 92.4. The smallest absolute Gasteiger partial charge is 0.306 e. The second kappa shape index (κ2) is 67.6. The predicted molar refractivity (Wildman–Crippen MR) is 348 cm³/mol. The Balaban J connectivity index is 4.37. The molecule has 0 aliphatic rings. The second-order valence-electron chi connectivity index (χ2n) is 22.3. The molecule has 0 aromatic heterocycles. The van der Waals surface area contributed by atoms with E-state index in [4.69, 9.17) is 14.2 Å². The Morgan fingerprint density at radius 3 is 0.775 bits per heavy atom. The summed E-state index contributed by atoms with van der Waals surface area (Å²) in [5, 5.41) is 0. The van der Waals surface area contributed by atoms with Gasteiger partial charge in [0.05, 0.1) is 0 Å². The summed E-state index contributed by atoms with van der Waals surface area (Å²) < 4.78 is 17.0. The number of rotatable bonds is 61. The van der Waals surface area contributed by atoms with Gasteiger partial charge in [0.15, 0.2) is 6.10 Å². The SMILES string of the molecule is CC/C=C\C/C=C\C/C=C\C/C=C\C/C=C\CCCCCCCCCC(=O)OC(COC(=O)CCCCCCC/C=C\CCCCCCC)COC(=O)CCCCCCCCCCCC/C=C\C/C=C\C/C=C\CCCCCCC. The zero-order chi connectivity index (χ0) is 57.8. The number of carbonyl (C=O) groups is 3. The Morgan fingerprint density at radius 1 is 0.263 bits per heavy atom. The highest BCUT2D eigenvalue weighted by Crippen LogP contribution is 2.16. The molecule has 1 unspecified atom stereocenters. The molecule has 0 saturated heterocycles. The van der Waals surface area contributed by atoms with Gasteiger partial charge in [0, 0.05) is 19.3 Å². The Labute approximate surface area is 495 Å². The van der Waals surface area contributed by atoms with Crippen molar-refractivity contribution in [2.75, 3.05) is 13.2 Å². The van der Waals surface area contributed by atoms with Crippen LogP contribution >= 0.6 is 0 Å². The molecule has 0 aliphatic heterocycles. The van der Waals surface area contributed by atoms with E-state index in [1.807, 2.05) is 0 Å². The van der Waals surface area contributed by atoms with Gasteiger partial charge in [0.1, 0.15) is 13.2 Å². The third kappa shape index (κ3) is 64.9. The van der Waals surface area contributed by atoms with Crippen LogP contribution < -0.4 is 0 Å². The Morgan fingerprint density at radius 2 is 0.487 bits per heavy atom. The third-order valence-electron chi connectivity index (χ3n) is 14.5. The molecule has 0 N–H and O–H groups in total. The van der Waals surface area contributed by atoms with Gasteiger partial charge in [0.2, 0.25) is 0 Å². The Hall–Kier alpha value is -3.93. The molecule has 458 valence electrons. The van der Waals surface area contributed by atoms with E-state index < -0.39 is 6.10 Å². The van der Waals surface area contributed by atoms with E-state index in [0.29, 0.717) is 19.3 Å². The lowest BCUT2D eigenvalue weighted by atomic mass is 10.1. The number of allylic oxidation sites excluding steroid dienone is 18. The molecule has 0 amide bonds. The summed E-state index contributed by atoms with van der Waals surface area (Å²) in [4.78, 5) is 38.4. The van der Waals surface area contributed by atoms with Gasteiger partial charge < -0.3 is 14.2 Å². The number of unbranched alkanes of at least 4 members (excludes halogenated alkanes) is 32. The van der Waals surface area contributed by atoms with Gasteiger partial charge in [-0.05, 0) is 128 Å². The van der Waals surface area contributed by atoms with Gasteiger partial charge in [0.25, 0.3) is 0 Å². The normalized spacial score (nSPS) is 12.8. The van der Waals surface area contributed by atoms with Crippen LogP contribution in [-0.4, -0.2) is 37.2 Å². The lowest BCUT2D eigenvalue weighted by molar-refractivity contribution is -0.167. The van der Waals surface area contributed by atoms with Crippen molar-refractivity contribution in [2.24, 2.45) is 0 Å². The molecule has 0 bridgehead atoms. The van der Waals surface area contributed by atoms with Crippen LogP contribution in [-0.2, 0) is 28.6 Å². The monoisotopic (exact) mass is 1110 g/mol. The first-order chi connectivity index (χ1) is 39.5. The number of hydrogen-bond acceptors (Lipinski definition) is 6. The first-order valence-corrected chi connectivity index (χ1v) is 33.9. The van der Waals surface area contributed by atoms with Gasteiger partial charge >= 0.3 is 17.9 Å². The fourth-order valence-corrected chi connectivity index (χ4v) is 9.41. The topological polar surface area (TPSA) is 78.9 Å². The van der Waals surface area contributed by atoms with Crippen molar-refractivity contribution in [3.8, 4) is 0 Å². The molecule has 0 aromatic carbocycles. The third-order valence-corrected chi connectivity index (χ3v) is 14.5. The summed E-state index contributed by atoms with van der Waals surface area (Å²) in [5.41, 5.74) is 0. The van der Waals surface area contributed by atoms with Gasteiger partial charge in [-0.2, -0.15) is 0 Å². The summed E-state index contributed by atoms with van der Waals surface area (Å²) in [6.45, 7) is 6.51. The van der Waals surface area contributed by atoms with Crippen molar-refractivity contribution >= 4 is 17.9 Å². The average molecular weight is 1110 g/mol. The zero-order valence-corrected chi connectivity index (χ0v) is 52.6. The number of carbonyl (C=O) groups excluding carboxylic acids is 3. The first-order valence-electron chi connectivity index (χ1n) is 33.9. The largest absolute Gasteiger partial charge is 0.462 e. The van der Waals surface area contributed by atoms with Crippen molar-refractivity contribution in [3.05, 3.63) is 109 Å². The standard InChI is InChI=1S/C74H126O6/c1-4-7-10-13-16-19-22-25-28-30-32-34-36-37-39-40-42-44-46-49-52-55-58-61-64-67-73(76)79-70-71(69-78-72(75)66-63-60-57-54-51-48-27-24-21-18-15-12-9-6-3)80-74(77)68-65-62-59-56-53-50-47-45-43-41-38-35-33-31-29-26-23-20-17-14-11-8-5-2/h8,11,17,20,22,24-27,29-30,32-33,35-37,41,43,71H,4-7,9-10,12-16,18-19,21,23,28,31,34,38-40,42,44-70H2,1-3H3/b11-8-,20-17-,25-22-,27-24-,29-26-,32-30-,35-33-,37-36-,43-41-. The van der Waals surface area contributed by atoms with Gasteiger partial charge in [-0.3, -0.25) is 14.4 Å². The number of ether oxygens (including phenoxy) is 3. The second-order valence-corrected chi connectivity index (χ2v) is 22.3. The highest BCUT2D eigenvalue weighted by atomic mass is 16.6. The summed E-state index contributed by atoms with van der Waals surface area (Å²) >= 11 is 0. The average Bonchev–Trinajstić information content (AvgIpc) is 3.46. The van der Waals surface area contributed by atoms with Crippen LogP contribution in [0.25, 0.3) is 0 Å². The predicted octanol–water partition coefficient (Wildman–Crippen LogP) is 23.4. The minimum atomic E-state index is -0.793. The van der Waals surface area contributed by atoms with Crippen LogP contribution in [0.1, 0.15) is 323 Å². The summed E-state index contributed by atoms with van der Waals surface area (Å²) in [6, 6.07) is 0. The van der Waals surface area contributed by atoms with E-state index >= 15 is 0 Å². The van der Waals surface area contributed by atoms with Crippen molar-refractivity contribution in [1.82, 2.24) is 0 Å². The minimum absolute atomic E-state index is 0.0874. The maximum absolute atomic E-state index is 12.9. The van der Waals surface area contributed by atoms with Crippen molar-refractivity contribution in [2.45, 2.75) is 329 Å². The maximum Gasteiger partial charge on any atom is 0.306 e. The van der Waals surface area contributed by atoms with Crippen molar-refractivity contribution in [1.29, 1.82) is 0 Å². The molecule has 6 nitrogen and oxygen atoms in total. The molecule has 0 aromatic rings. The molecule has 80 heavy (non-hydrogen) atoms. The number of hydrogen-bond donors (Lipinski definition) is 0. The molecular weight excluding hydrogens is 985 g/mol. The van der Waals surface area contributed by atoms with Crippen LogP contribution in [0.3, 0.4) is 0 Å². The summed E-state index contributed by atoms with van der Waals surface area (Å²) in [7, 11) is 0. The van der Waals surface area contributed by atoms with Crippen molar-refractivity contribution < 1.29 is 28.6 Å². The van der Waals surface area contributed by atoms with Crippen molar-refractivity contribution in [3.63, 3.8) is 0 Å². The molecule has 0 radical (unpaired) electrons. The van der Waals surface area contributed by atoms with Gasteiger partial charge in [-0.15, -0.1) is 0 Å². The lowest BCUT2D eigenvalue weighted by Gasteiger charge is -2.18. The summed E-state index contributed by atoms with van der Waals surface area (Å²) in [5.74, 6) is -0.901. The molecular formula is C74H126O6. The lowest BCUT2D eigenvalue weighted by Crippen LogP contribution is -2.30. The van der Waals surface area contributed by atoms with E-state index in [1.54, 1.807) is 0 Å². The van der Waals surface area contributed by atoms with E-state index in [2.05, 4.69) is 130 Å². The van der Waals surface area contributed by atoms with E-state index in [0.717, 1.165) is 116 Å². The maximum atomic E-state index is 12.9. The fraction of sp³-hybridized carbons (Fsp3) is 0.716. The minimum Gasteiger partial charge on any atom is -0.462 e. The van der Waals surface area contributed by atoms with Gasteiger partial charge in [-0.25, -0.2) is 0 Å². The van der Waals surface area contributed by atoms with Gasteiger partial charge in [-0.1, -0.05) is 284 Å². The van der Waals surface area contributed by atoms with E-state index in [1.165, 1.54) is 167 Å². The van der Waals surface area contributed by atoms with Crippen LogP contribution in [0.4, 0.5) is 0 Å². The molecule has 0 fully saturated rings.